The largest absolute Gasteiger partial charge is 0.456 e. The molecule has 1 aromatic carbocycles. The molecule has 0 radical (unpaired) electrons. The molecule has 4 bridgehead atoms. The van der Waals surface area contributed by atoms with E-state index in [0.29, 0.717) is 6.42 Å². The van der Waals surface area contributed by atoms with Crippen LogP contribution >= 0.6 is 15.9 Å². The summed E-state index contributed by atoms with van der Waals surface area (Å²) in [7, 11) is 0. The smallest absolute Gasteiger partial charge is 0.306 e. The first-order valence-corrected chi connectivity index (χ1v) is 10.3. The summed E-state index contributed by atoms with van der Waals surface area (Å²) in [5, 5.41) is 2.81. The number of esters is 1. The third kappa shape index (κ3) is 3.68. The first-order valence-electron chi connectivity index (χ1n) is 9.55. The maximum Gasteiger partial charge on any atom is 0.306 e. The van der Waals surface area contributed by atoms with Gasteiger partial charge in [-0.15, -0.1) is 0 Å². The van der Waals surface area contributed by atoms with Gasteiger partial charge in [-0.1, -0.05) is 34.1 Å². The molecular formula is C21H26BrNO3. The van der Waals surface area contributed by atoms with Gasteiger partial charge >= 0.3 is 5.97 Å². The number of rotatable bonds is 5. The van der Waals surface area contributed by atoms with E-state index in [0.717, 1.165) is 42.3 Å². The molecule has 4 aliphatic rings. The Morgan fingerprint density at radius 3 is 2.54 bits per heavy atom. The average Bonchev–Trinajstić information content (AvgIpc) is 2.52. The van der Waals surface area contributed by atoms with Crippen LogP contribution in [-0.4, -0.2) is 22.8 Å². The molecule has 0 spiro atoms. The van der Waals surface area contributed by atoms with Gasteiger partial charge in [0.1, 0.15) is 0 Å². The molecule has 4 saturated carbocycles. The highest BCUT2D eigenvalue weighted by molar-refractivity contribution is 9.10. The van der Waals surface area contributed by atoms with Crippen molar-refractivity contribution in [2.45, 2.75) is 56.2 Å². The fourth-order valence-corrected chi connectivity index (χ4v) is 7.46. The highest BCUT2D eigenvalue weighted by Gasteiger charge is 2.57. The maximum absolute atomic E-state index is 12.4. The zero-order valence-electron chi connectivity index (χ0n) is 15.2. The molecule has 4 atom stereocenters. The van der Waals surface area contributed by atoms with Crippen molar-refractivity contribution >= 4 is 33.5 Å². The number of hydrogen-bond acceptors (Lipinski definition) is 3. The van der Waals surface area contributed by atoms with Gasteiger partial charge in [-0.2, -0.15) is 0 Å². The normalized spacial score (nSPS) is 34.5. The van der Waals surface area contributed by atoms with Crippen LogP contribution in [-0.2, 0) is 14.3 Å². The molecule has 0 saturated heterocycles. The van der Waals surface area contributed by atoms with Gasteiger partial charge < -0.3 is 10.1 Å². The lowest BCUT2D eigenvalue weighted by molar-refractivity contribution is -0.153. The summed E-state index contributed by atoms with van der Waals surface area (Å²) in [6.07, 6.45) is 7.62. The van der Waals surface area contributed by atoms with Crippen molar-refractivity contribution in [2.75, 3.05) is 11.9 Å². The number of aryl methyl sites for hydroxylation is 1. The van der Waals surface area contributed by atoms with Gasteiger partial charge in [-0.3, -0.25) is 9.59 Å². The van der Waals surface area contributed by atoms with Crippen LogP contribution in [0.3, 0.4) is 0 Å². The topological polar surface area (TPSA) is 55.4 Å². The lowest BCUT2D eigenvalue weighted by Gasteiger charge is -2.60. The van der Waals surface area contributed by atoms with Crippen LogP contribution < -0.4 is 5.32 Å². The Morgan fingerprint density at radius 1 is 1.19 bits per heavy atom. The van der Waals surface area contributed by atoms with Crippen molar-refractivity contribution < 1.29 is 14.3 Å². The predicted molar refractivity (Wildman–Crippen MR) is 104 cm³/mol. The molecule has 5 heteroatoms. The number of ether oxygens (including phenoxy) is 1. The third-order valence-electron chi connectivity index (χ3n) is 6.41. The predicted octanol–water partition coefficient (Wildman–Crippen LogP) is 4.60. The highest BCUT2D eigenvalue weighted by Crippen LogP contribution is 2.65. The number of carbonyl (C=O) groups is 2. The van der Waals surface area contributed by atoms with Crippen LogP contribution in [0.5, 0.6) is 0 Å². The Bertz CT molecular complexity index is 718. The molecular weight excluding hydrogens is 394 g/mol. The second kappa shape index (κ2) is 6.66. The molecule has 0 aromatic heterocycles. The van der Waals surface area contributed by atoms with Gasteiger partial charge in [0.05, 0.1) is 6.42 Å². The number of benzene rings is 1. The van der Waals surface area contributed by atoms with Crippen LogP contribution in [0.2, 0.25) is 0 Å². The number of halogens is 1. The minimum Gasteiger partial charge on any atom is -0.456 e. The number of hydrogen-bond donors (Lipinski definition) is 1. The molecule has 4 fully saturated rings. The quantitative estimate of drug-likeness (QED) is 0.560. The summed E-state index contributed by atoms with van der Waals surface area (Å²) in [6, 6.07) is 7.58. The van der Waals surface area contributed by atoms with Gasteiger partial charge in [-0.05, 0) is 74.3 Å². The number of carbonyl (C=O) groups excluding carboxylic acids is 2. The lowest BCUT2D eigenvalue weighted by atomic mass is 9.49. The molecule has 4 nitrogen and oxygen atoms in total. The number of para-hydroxylation sites is 1. The Kier molecular flexibility index (Phi) is 4.62. The Balaban J connectivity index is 1.31. The van der Waals surface area contributed by atoms with Gasteiger partial charge in [0.25, 0.3) is 5.91 Å². The van der Waals surface area contributed by atoms with Crippen molar-refractivity contribution in [3.05, 3.63) is 29.8 Å². The van der Waals surface area contributed by atoms with E-state index in [1.165, 1.54) is 19.3 Å². The first-order chi connectivity index (χ1) is 12.3. The van der Waals surface area contributed by atoms with Crippen molar-refractivity contribution in [3.63, 3.8) is 0 Å². The van der Waals surface area contributed by atoms with Crippen molar-refractivity contribution in [3.8, 4) is 0 Å². The summed E-state index contributed by atoms with van der Waals surface area (Å²) in [6.45, 7) is 1.72. The SMILES string of the molecule is Cc1ccccc1NC(=O)COC(=O)CC12C[C@@H]3C[C@@H](CC(Br)(C3)C1)C2. The Labute approximate surface area is 163 Å². The second-order valence-electron chi connectivity index (χ2n) is 8.81. The molecule has 2 unspecified atom stereocenters. The van der Waals surface area contributed by atoms with Crippen LogP contribution in [0.4, 0.5) is 5.69 Å². The fourth-order valence-electron chi connectivity index (χ4n) is 5.95. The molecule has 1 amide bonds. The first kappa shape index (κ1) is 18.0. The maximum atomic E-state index is 12.4. The summed E-state index contributed by atoms with van der Waals surface area (Å²) in [5.41, 5.74) is 1.83. The second-order valence-corrected chi connectivity index (χ2v) is 10.5. The van der Waals surface area contributed by atoms with Crippen LogP contribution in [0.1, 0.15) is 50.5 Å². The summed E-state index contributed by atoms with van der Waals surface area (Å²) >= 11 is 3.97. The van der Waals surface area contributed by atoms with Crippen molar-refractivity contribution in [1.29, 1.82) is 0 Å². The Hall–Kier alpha value is -1.36. The van der Waals surface area contributed by atoms with Crippen LogP contribution in [0, 0.1) is 24.2 Å². The van der Waals surface area contributed by atoms with Gasteiger partial charge in [-0.25, -0.2) is 0 Å². The van der Waals surface area contributed by atoms with Gasteiger partial charge in [0.15, 0.2) is 6.61 Å². The highest BCUT2D eigenvalue weighted by atomic mass is 79.9. The van der Waals surface area contributed by atoms with Crippen molar-refractivity contribution in [2.24, 2.45) is 17.3 Å². The summed E-state index contributed by atoms with van der Waals surface area (Å²) in [5.74, 6) is 0.971. The fraction of sp³-hybridized carbons (Fsp3) is 0.619. The number of alkyl halides is 1. The van der Waals surface area contributed by atoms with Crippen molar-refractivity contribution in [1.82, 2.24) is 0 Å². The molecule has 26 heavy (non-hydrogen) atoms. The summed E-state index contributed by atoms with van der Waals surface area (Å²) in [4.78, 5) is 24.5. The Morgan fingerprint density at radius 2 is 1.88 bits per heavy atom. The summed E-state index contributed by atoms with van der Waals surface area (Å²) < 4.78 is 5.56. The number of amides is 1. The van der Waals surface area contributed by atoms with Crippen LogP contribution in [0.25, 0.3) is 0 Å². The van der Waals surface area contributed by atoms with E-state index in [4.69, 9.17) is 4.74 Å². The van der Waals surface area contributed by atoms with Crippen LogP contribution in [0.15, 0.2) is 24.3 Å². The van der Waals surface area contributed by atoms with E-state index in [-0.39, 0.29) is 28.2 Å². The lowest BCUT2D eigenvalue weighted by Crippen LogP contribution is -2.53. The third-order valence-corrected chi connectivity index (χ3v) is 7.34. The van der Waals surface area contributed by atoms with E-state index in [9.17, 15) is 9.59 Å². The van der Waals surface area contributed by atoms with E-state index >= 15 is 0 Å². The molecule has 0 aliphatic heterocycles. The standard InChI is InChI=1S/C21H26BrNO3/c1-14-4-2-3-5-17(14)23-18(24)12-26-19(25)11-20-7-15-6-16(8-20)10-21(22,9-15)13-20/h2-5,15-16H,6-13H2,1H3,(H,23,24)/t15-,16+,20?,21?. The molecule has 5 rings (SSSR count). The van der Waals surface area contributed by atoms with E-state index in [1.54, 1.807) is 0 Å². The molecule has 1 N–H and O–H groups in total. The van der Waals surface area contributed by atoms with Gasteiger partial charge in [0, 0.05) is 10.0 Å². The zero-order chi connectivity index (χ0) is 18.4. The van der Waals surface area contributed by atoms with E-state index in [1.807, 2.05) is 31.2 Å². The molecule has 140 valence electrons. The van der Waals surface area contributed by atoms with E-state index < -0.39 is 0 Å². The minimum absolute atomic E-state index is 0.0805. The monoisotopic (exact) mass is 419 g/mol. The van der Waals surface area contributed by atoms with E-state index in [2.05, 4.69) is 21.2 Å². The molecule has 1 aromatic rings. The number of nitrogens with one attached hydrogen (secondary N) is 1. The molecule has 4 aliphatic carbocycles. The average molecular weight is 420 g/mol. The number of anilines is 1. The minimum atomic E-state index is -0.282. The zero-order valence-corrected chi connectivity index (χ0v) is 16.8. The molecule has 0 heterocycles. The van der Waals surface area contributed by atoms with Gasteiger partial charge in [0.2, 0.25) is 0 Å².